The molecule has 1 nitrogen and oxygen atoms in total. The van der Waals surface area contributed by atoms with Gasteiger partial charge in [-0.25, -0.2) is 0 Å². The Morgan fingerprint density at radius 1 is 1.10 bits per heavy atom. The van der Waals surface area contributed by atoms with Crippen LogP contribution in [0.15, 0.2) is 48.5 Å². The van der Waals surface area contributed by atoms with Gasteiger partial charge in [-0.3, -0.25) is 0 Å². The number of likely N-dealkylation sites (N-methyl/N-ethyl adjacent to an activating group) is 1. The lowest BCUT2D eigenvalue weighted by Crippen LogP contribution is -2.33. The third-order valence-electron chi connectivity index (χ3n) is 4.57. The molecule has 0 bridgehead atoms. The fourth-order valence-electron chi connectivity index (χ4n) is 3.54. The Hall–Kier alpha value is -1.60. The van der Waals surface area contributed by atoms with Crippen LogP contribution in [0.3, 0.4) is 0 Å². The van der Waals surface area contributed by atoms with Gasteiger partial charge in [-0.1, -0.05) is 68.8 Å². The van der Waals surface area contributed by atoms with Crippen molar-refractivity contribution in [3.63, 3.8) is 0 Å². The van der Waals surface area contributed by atoms with Crippen molar-refractivity contribution < 1.29 is 0 Å². The lowest BCUT2D eigenvalue weighted by atomic mass is 9.71. The SMILES string of the molecule is CCCc1cccc(C(NCC)C2Cc3ccccc32)c1. The molecule has 3 rings (SSSR count). The summed E-state index contributed by atoms with van der Waals surface area (Å²) in [4.78, 5) is 0. The monoisotopic (exact) mass is 279 g/mol. The van der Waals surface area contributed by atoms with Gasteiger partial charge < -0.3 is 5.32 Å². The van der Waals surface area contributed by atoms with Gasteiger partial charge in [0.2, 0.25) is 0 Å². The highest BCUT2D eigenvalue weighted by Gasteiger charge is 2.33. The molecule has 1 aliphatic carbocycles. The third-order valence-corrected chi connectivity index (χ3v) is 4.57. The van der Waals surface area contributed by atoms with Crippen LogP contribution in [0.1, 0.15) is 54.5 Å². The largest absolute Gasteiger partial charge is 0.310 e. The minimum atomic E-state index is 0.446. The summed E-state index contributed by atoms with van der Waals surface area (Å²) in [5.74, 6) is 0.623. The summed E-state index contributed by atoms with van der Waals surface area (Å²) in [7, 11) is 0. The first kappa shape index (κ1) is 14.3. The fraction of sp³-hybridized carbons (Fsp3) is 0.400. The van der Waals surface area contributed by atoms with Crippen LogP contribution >= 0.6 is 0 Å². The minimum absolute atomic E-state index is 0.446. The maximum absolute atomic E-state index is 3.71. The summed E-state index contributed by atoms with van der Waals surface area (Å²) in [6, 6.07) is 18.5. The molecule has 0 saturated carbocycles. The van der Waals surface area contributed by atoms with Crippen molar-refractivity contribution in [1.29, 1.82) is 0 Å². The highest BCUT2D eigenvalue weighted by molar-refractivity contribution is 5.43. The van der Waals surface area contributed by atoms with E-state index >= 15 is 0 Å². The number of fused-ring (bicyclic) bond motifs is 1. The fourth-order valence-corrected chi connectivity index (χ4v) is 3.54. The van der Waals surface area contributed by atoms with Gasteiger partial charge in [-0.2, -0.15) is 0 Å². The van der Waals surface area contributed by atoms with Gasteiger partial charge in [0.15, 0.2) is 0 Å². The number of hydrogen-bond donors (Lipinski definition) is 1. The van der Waals surface area contributed by atoms with Crippen LogP contribution in [0.5, 0.6) is 0 Å². The van der Waals surface area contributed by atoms with E-state index in [1.807, 2.05) is 0 Å². The standard InChI is InChI=1S/C20H25N/c1-3-8-15-9-7-11-17(13-15)20(21-4-2)19-14-16-10-5-6-12-18(16)19/h5-7,9-13,19-21H,3-4,8,14H2,1-2H3. The van der Waals surface area contributed by atoms with E-state index in [1.165, 1.54) is 41.5 Å². The van der Waals surface area contributed by atoms with Crippen molar-refractivity contribution in [2.24, 2.45) is 0 Å². The predicted octanol–water partition coefficient (Wildman–Crippen LogP) is 4.63. The Morgan fingerprint density at radius 2 is 1.95 bits per heavy atom. The van der Waals surface area contributed by atoms with E-state index in [-0.39, 0.29) is 0 Å². The molecule has 0 fully saturated rings. The summed E-state index contributed by atoms with van der Waals surface area (Å²) in [6.45, 7) is 5.46. The molecule has 21 heavy (non-hydrogen) atoms. The summed E-state index contributed by atoms with van der Waals surface area (Å²) >= 11 is 0. The molecule has 1 N–H and O–H groups in total. The average Bonchev–Trinajstić information content (AvgIpc) is 2.48. The van der Waals surface area contributed by atoms with Crippen molar-refractivity contribution in [1.82, 2.24) is 5.32 Å². The van der Waals surface area contributed by atoms with E-state index in [0.717, 1.165) is 6.54 Å². The zero-order valence-electron chi connectivity index (χ0n) is 13.1. The Labute approximate surface area is 128 Å². The van der Waals surface area contributed by atoms with Gasteiger partial charge in [0, 0.05) is 12.0 Å². The number of nitrogens with one attached hydrogen (secondary N) is 1. The van der Waals surface area contributed by atoms with E-state index in [0.29, 0.717) is 12.0 Å². The number of benzene rings is 2. The second-order valence-corrected chi connectivity index (χ2v) is 6.04. The molecule has 0 heterocycles. The van der Waals surface area contributed by atoms with Crippen molar-refractivity contribution in [2.75, 3.05) is 6.54 Å². The molecule has 2 atom stereocenters. The maximum Gasteiger partial charge on any atom is 0.0392 e. The quantitative estimate of drug-likeness (QED) is 0.813. The molecule has 0 amide bonds. The smallest absolute Gasteiger partial charge is 0.0392 e. The molecule has 1 heteroatoms. The molecule has 1 aliphatic rings. The van der Waals surface area contributed by atoms with Gasteiger partial charge in [0.05, 0.1) is 0 Å². The van der Waals surface area contributed by atoms with Gasteiger partial charge in [0.25, 0.3) is 0 Å². The predicted molar refractivity (Wildman–Crippen MR) is 89.7 cm³/mol. The molecule has 0 aromatic heterocycles. The highest BCUT2D eigenvalue weighted by Crippen LogP contribution is 2.43. The van der Waals surface area contributed by atoms with E-state index in [4.69, 9.17) is 0 Å². The summed E-state index contributed by atoms with van der Waals surface area (Å²) < 4.78 is 0. The Kier molecular flexibility index (Phi) is 4.40. The zero-order chi connectivity index (χ0) is 14.7. The summed E-state index contributed by atoms with van der Waals surface area (Å²) in [5.41, 5.74) is 5.97. The van der Waals surface area contributed by atoms with Crippen LogP contribution in [0.4, 0.5) is 0 Å². The first-order valence-corrected chi connectivity index (χ1v) is 8.23. The van der Waals surface area contributed by atoms with E-state index in [9.17, 15) is 0 Å². The first-order chi connectivity index (χ1) is 10.3. The molecule has 110 valence electrons. The maximum atomic E-state index is 3.71. The minimum Gasteiger partial charge on any atom is -0.310 e. The second-order valence-electron chi connectivity index (χ2n) is 6.04. The van der Waals surface area contributed by atoms with Crippen molar-refractivity contribution in [3.05, 3.63) is 70.8 Å². The number of rotatable bonds is 6. The van der Waals surface area contributed by atoms with Crippen molar-refractivity contribution in [3.8, 4) is 0 Å². The van der Waals surface area contributed by atoms with Crippen LogP contribution in [0.25, 0.3) is 0 Å². The Balaban J connectivity index is 1.87. The molecule has 0 radical (unpaired) electrons. The summed E-state index contributed by atoms with van der Waals surface area (Å²) in [6.07, 6.45) is 3.58. The van der Waals surface area contributed by atoms with Crippen LogP contribution in [0, 0.1) is 0 Å². The lowest BCUT2D eigenvalue weighted by molar-refractivity contribution is 0.419. The highest BCUT2D eigenvalue weighted by atomic mass is 14.9. The average molecular weight is 279 g/mol. The van der Waals surface area contributed by atoms with Crippen LogP contribution in [-0.2, 0) is 12.8 Å². The molecule has 2 aromatic carbocycles. The topological polar surface area (TPSA) is 12.0 Å². The molecular weight excluding hydrogens is 254 g/mol. The van der Waals surface area contributed by atoms with E-state index in [1.54, 1.807) is 0 Å². The van der Waals surface area contributed by atoms with Crippen LogP contribution in [0.2, 0.25) is 0 Å². The van der Waals surface area contributed by atoms with Crippen molar-refractivity contribution >= 4 is 0 Å². The van der Waals surface area contributed by atoms with Gasteiger partial charge in [-0.05, 0) is 41.6 Å². The Morgan fingerprint density at radius 3 is 2.71 bits per heavy atom. The van der Waals surface area contributed by atoms with Gasteiger partial charge in [0.1, 0.15) is 0 Å². The Bertz CT molecular complexity index is 602. The second kappa shape index (κ2) is 6.44. The lowest BCUT2D eigenvalue weighted by Gasteiger charge is -2.37. The first-order valence-electron chi connectivity index (χ1n) is 8.23. The molecule has 0 saturated heterocycles. The van der Waals surface area contributed by atoms with Gasteiger partial charge in [-0.15, -0.1) is 0 Å². The molecule has 0 spiro atoms. The molecule has 2 unspecified atom stereocenters. The molecular formula is C20H25N. The van der Waals surface area contributed by atoms with Crippen LogP contribution in [-0.4, -0.2) is 6.54 Å². The summed E-state index contributed by atoms with van der Waals surface area (Å²) in [5, 5.41) is 3.71. The molecule has 0 aliphatic heterocycles. The molecule has 2 aromatic rings. The van der Waals surface area contributed by atoms with E-state index < -0.39 is 0 Å². The van der Waals surface area contributed by atoms with Crippen molar-refractivity contribution in [2.45, 2.75) is 45.1 Å². The number of aryl methyl sites for hydroxylation is 1. The van der Waals surface area contributed by atoms with Gasteiger partial charge >= 0.3 is 0 Å². The normalized spacial score (nSPS) is 17.9. The van der Waals surface area contributed by atoms with Crippen LogP contribution < -0.4 is 5.32 Å². The zero-order valence-corrected chi connectivity index (χ0v) is 13.1. The number of hydrogen-bond acceptors (Lipinski definition) is 1. The third kappa shape index (κ3) is 2.89. The van der Waals surface area contributed by atoms with E-state index in [2.05, 4.69) is 67.7 Å².